The van der Waals surface area contributed by atoms with Crippen LogP contribution in [0, 0.1) is 20.8 Å². The van der Waals surface area contributed by atoms with E-state index in [1.165, 1.54) is 29.7 Å². The maximum Gasteiger partial charge on any atom is 0.242 e. The highest BCUT2D eigenvalue weighted by atomic mass is 16.2. The molecule has 16 heavy (non-hydrogen) atoms. The van der Waals surface area contributed by atoms with Gasteiger partial charge < -0.3 is 9.47 Å². The number of rotatable bonds is 3. The van der Waals surface area contributed by atoms with Crippen molar-refractivity contribution in [3.63, 3.8) is 0 Å². The molecule has 0 atom stereocenters. The van der Waals surface area contributed by atoms with Crippen molar-refractivity contribution >= 4 is 5.91 Å². The third-order valence-corrected chi connectivity index (χ3v) is 3.71. The predicted molar refractivity (Wildman–Crippen MR) is 64.4 cm³/mol. The summed E-state index contributed by atoms with van der Waals surface area (Å²) in [5, 5.41) is 0. The molecular formula is C13H20N2O. The summed E-state index contributed by atoms with van der Waals surface area (Å²) in [6.45, 7) is 6.75. The second-order valence-electron chi connectivity index (χ2n) is 4.89. The van der Waals surface area contributed by atoms with Gasteiger partial charge in [-0.3, -0.25) is 4.79 Å². The highest BCUT2D eigenvalue weighted by molar-refractivity contribution is 5.76. The van der Waals surface area contributed by atoms with Gasteiger partial charge in [-0.15, -0.1) is 0 Å². The van der Waals surface area contributed by atoms with Gasteiger partial charge in [-0.2, -0.15) is 0 Å². The fourth-order valence-corrected chi connectivity index (χ4v) is 2.02. The van der Waals surface area contributed by atoms with Crippen LogP contribution in [0.5, 0.6) is 0 Å². The van der Waals surface area contributed by atoms with Gasteiger partial charge in [0.05, 0.1) is 0 Å². The number of aromatic nitrogens is 1. The van der Waals surface area contributed by atoms with Crippen LogP contribution < -0.4 is 0 Å². The number of carbonyl (C=O) groups is 1. The molecule has 1 amide bonds. The summed E-state index contributed by atoms with van der Waals surface area (Å²) in [4.78, 5) is 13.9. The van der Waals surface area contributed by atoms with Crippen LogP contribution in [0.15, 0.2) is 6.20 Å². The van der Waals surface area contributed by atoms with Gasteiger partial charge in [-0.05, 0) is 44.7 Å². The maximum absolute atomic E-state index is 12.0. The molecule has 3 nitrogen and oxygen atoms in total. The molecule has 0 unspecified atom stereocenters. The van der Waals surface area contributed by atoms with E-state index in [1.807, 2.05) is 11.9 Å². The zero-order valence-corrected chi connectivity index (χ0v) is 10.6. The Morgan fingerprint density at radius 3 is 2.50 bits per heavy atom. The molecule has 0 radical (unpaired) electrons. The monoisotopic (exact) mass is 220 g/mol. The summed E-state index contributed by atoms with van der Waals surface area (Å²) in [6.07, 6.45) is 4.42. The molecule has 3 heteroatoms. The van der Waals surface area contributed by atoms with Crippen molar-refractivity contribution in [3.8, 4) is 0 Å². The van der Waals surface area contributed by atoms with E-state index in [9.17, 15) is 4.79 Å². The predicted octanol–water partition coefficient (Wildman–Crippen LogP) is 2.03. The normalized spacial score (nSPS) is 15.2. The van der Waals surface area contributed by atoms with Gasteiger partial charge >= 0.3 is 0 Å². The van der Waals surface area contributed by atoms with Crippen LogP contribution in [0.2, 0.25) is 0 Å². The summed E-state index contributed by atoms with van der Waals surface area (Å²) in [5.74, 6) is 0.223. The molecule has 1 fully saturated rings. The summed E-state index contributed by atoms with van der Waals surface area (Å²) in [5.41, 5.74) is 3.76. The summed E-state index contributed by atoms with van der Waals surface area (Å²) in [7, 11) is 1.92. The van der Waals surface area contributed by atoms with Crippen molar-refractivity contribution in [2.45, 2.75) is 46.2 Å². The van der Waals surface area contributed by atoms with E-state index in [0.717, 1.165) is 0 Å². The Balaban J connectivity index is 2.08. The maximum atomic E-state index is 12.0. The van der Waals surface area contributed by atoms with Gasteiger partial charge in [0.25, 0.3) is 0 Å². The molecule has 88 valence electrons. The van der Waals surface area contributed by atoms with E-state index >= 15 is 0 Å². The summed E-state index contributed by atoms with van der Waals surface area (Å²) < 4.78 is 2.06. The quantitative estimate of drug-likeness (QED) is 0.765. The molecule has 0 aromatic carbocycles. The molecule has 0 aliphatic heterocycles. The zero-order valence-electron chi connectivity index (χ0n) is 10.6. The molecular weight excluding hydrogens is 200 g/mol. The van der Waals surface area contributed by atoms with Crippen LogP contribution in [0.4, 0.5) is 0 Å². The topological polar surface area (TPSA) is 25.2 Å². The first-order valence-electron chi connectivity index (χ1n) is 5.89. The van der Waals surface area contributed by atoms with E-state index in [1.54, 1.807) is 0 Å². The Hall–Kier alpha value is -1.25. The van der Waals surface area contributed by atoms with Crippen molar-refractivity contribution in [1.82, 2.24) is 9.47 Å². The second kappa shape index (κ2) is 3.96. The standard InChI is InChI=1S/C13H20N2O/c1-9-7-15(11(3)10(9)2)8-13(16)14(4)12-5-6-12/h7,12H,5-6,8H2,1-4H3. The number of carbonyl (C=O) groups excluding carboxylic acids is 1. The fourth-order valence-electron chi connectivity index (χ4n) is 2.02. The van der Waals surface area contributed by atoms with Gasteiger partial charge in [-0.1, -0.05) is 0 Å². The number of nitrogens with zero attached hydrogens (tertiary/aromatic N) is 2. The third-order valence-electron chi connectivity index (χ3n) is 3.71. The largest absolute Gasteiger partial charge is 0.342 e. The molecule has 0 saturated heterocycles. The molecule has 1 aromatic heterocycles. The SMILES string of the molecule is Cc1cn(CC(=O)N(C)C2CC2)c(C)c1C. The first-order chi connectivity index (χ1) is 7.50. The smallest absolute Gasteiger partial charge is 0.242 e. The average Bonchev–Trinajstić information content (AvgIpc) is 3.05. The average molecular weight is 220 g/mol. The highest BCUT2D eigenvalue weighted by Crippen LogP contribution is 2.25. The van der Waals surface area contributed by atoms with Crippen LogP contribution in [-0.2, 0) is 11.3 Å². The Kier molecular flexibility index (Phi) is 2.78. The van der Waals surface area contributed by atoms with Crippen LogP contribution in [0.25, 0.3) is 0 Å². The molecule has 1 aliphatic rings. The molecule has 1 heterocycles. The van der Waals surface area contributed by atoms with Gasteiger partial charge in [0.1, 0.15) is 6.54 Å². The van der Waals surface area contributed by atoms with Gasteiger partial charge in [0.15, 0.2) is 0 Å². The van der Waals surface area contributed by atoms with Crippen LogP contribution >= 0.6 is 0 Å². The lowest BCUT2D eigenvalue weighted by atomic mass is 10.2. The molecule has 2 rings (SSSR count). The number of likely N-dealkylation sites (N-methyl/N-ethyl adjacent to an activating group) is 1. The Bertz CT molecular complexity index is 416. The van der Waals surface area contributed by atoms with Crippen molar-refractivity contribution in [1.29, 1.82) is 0 Å². The van der Waals surface area contributed by atoms with E-state index in [0.29, 0.717) is 12.6 Å². The Morgan fingerprint density at radius 2 is 2.06 bits per heavy atom. The van der Waals surface area contributed by atoms with Crippen molar-refractivity contribution in [2.24, 2.45) is 0 Å². The van der Waals surface area contributed by atoms with Gasteiger partial charge in [0, 0.05) is 25.0 Å². The second-order valence-corrected chi connectivity index (χ2v) is 4.89. The van der Waals surface area contributed by atoms with Crippen LogP contribution in [0.3, 0.4) is 0 Å². The van der Waals surface area contributed by atoms with Crippen molar-refractivity contribution in [2.75, 3.05) is 7.05 Å². The van der Waals surface area contributed by atoms with Crippen LogP contribution in [0.1, 0.15) is 29.7 Å². The van der Waals surface area contributed by atoms with Gasteiger partial charge in [0.2, 0.25) is 5.91 Å². The fraction of sp³-hybridized carbons (Fsp3) is 0.615. The van der Waals surface area contributed by atoms with E-state index < -0.39 is 0 Å². The summed E-state index contributed by atoms with van der Waals surface area (Å²) >= 11 is 0. The number of hydrogen-bond acceptors (Lipinski definition) is 1. The minimum Gasteiger partial charge on any atom is -0.342 e. The highest BCUT2D eigenvalue weighted by Gasteiger charge is 2.29. The Labute approximate surface area is 97.1 Å². The van der Waals surface area contributed by atoms with Crippen molar-refractivity contribution in [3.05, 3.63) is 23.0 Å². The third kappa shape index (κ3) is 1.99. The van der Waals surface area contributed by atoms with Crippen LogP contribution in [-0.4, -0.2) is 28.5 Å². The minimum absolute atomic E-state index is 0.223. The molecule has 1 aliphatic carbocycles. The molecule has 0 N–H and O–H groups in total. The van der Waals surface area contributed by atoms with E-state index in [4.69, 9.17) is 0 Å². The molecule has 1 saturated carbocycles. The van der Waals surface area contributed by atoms with Gasteiger partial charge in [-0.25, -0.2) is 0 Å². The lowest BCUT2D eigenvalue weighted by molar-refractivity contribution is -0.131. The number of hydrogen-bond donors (Lipinski definition) is 0. The molecule has 0 spiro atoms. The van der Waals surface area contributed by atoms with E-state index in [-0.39, 0.29) is 5.91 Å². The number of amides is 1. The first kappa shape index (κ1) is 11.2. The number of aryl methyl sites for hydroxylation is 1. The Morgan fingerprint density at radius 1 is 1.44 bits per heavy atom. The molecule has 1 aromatic rings. The lowest BCUT2D eigenvalue weighted by Gasteiger charge is -2.17. The first-order valence-corrected chi connectivity index (χ1v) is 5.89. The zero-order chi connectivity index (χ0) is 11.9. The lowest BCUT2D eigenvalue weighted by Crippen LogP contribution is -2.32. The minimum atomic E-state index is 0.223. The van der Waals surface area contributed by atoms with Crippen molar-refractivity contribution < 1.29 is 4.79 Å². The summed E-state index contributed by atoms with van der Waals surface area (Å²) in [6, 6.07) is 0.505. The van der Waals surface area contributed by atoms with E-state index in [2.05, 4.69) is 31.5 Å². The molecule has 0 bridgehead atoms.